The van der Waals surface area contributed by atoms with Crippen LogP contribution in [0.3, 0.4) is 0 Å². The minimum Gasteiger partial charge on any atom is -0.436 e. The number of amides is 1. The number of aromatic nitrogens is 1. The summed E-state index contributed by atoms with van der Waals surface area (Å²) in [5.74, 6) is 0.0698. The van der Waals surface area contributed by atoms with E-state index in [-0.39, 0.29) is 11.3 Å². The lowest BCUT2D eigenvalue weighted by Gasteiger charge is -2.20. The Balaban J connectivity index is 1.57. The highest BCUT2D eigenvalue weighted by Gasteiger charge is 2.18. The summed E-state index contributed by atoms with van der Waals surface area (Å²) in [5, 5.41) is 13.9. The minimum atomic E-state index is -0.496. The predicted molar refractivity (Wildman–Crippen MR) is 129 cm³/mol. The number of carbonyl (C=O) groups is 1. The van der Waals surface area contributed by atoms with Gasteiger partial charge in [0.15, 0.2) is 5.58 Å². The van der Waals surface area contributed by atoms with Crippen LogP contribution < -0.4 is 10.2 Å². The number of fused-ring (bicyclic) bond motifs is 1. The first kappa shape index (κ1) is 22.0. The summed E-state index contributed by atoms with van der Waals surface area (Å²) in [4.78, 5) is 30.2. The van der Waals surface area contributed by atoms with Gasteiger partial charge in [0.2, 0.25) is 5.89 Å². The van der Waals surface area contributed by atoms with Crippen molar-refractivity contribution in [1.82, 2.24) is 4.98 Å². The second-order valence-electron chi connectivity index (χ2n) is 7.58. The minimum absolute atomic E-state index is 0.0914. The van der Waals surface area contributed by atoms with Gasteiger partial charge in [0, 0.05) is 47.2 Å². The molecule has 0 spiro atoms. The molecule has 0 aliphatic rings. The molecule has 4 rings (SSSR count). The molecule has 3 aromatic carbocycles. The Morgan fingerprint density at radius 2 is 1.82 bits per heavy atom. The number of hydrogen-bond acceptors (Lipinski definition) is 6. The van der Waals surface area contributed by atoms with E-state index in [2.05, 4.69) is 29.0 Å². The summed E-state index contributed by atoms with van der Waals surface area (Å²) in [6.07, 6.45) is 0. The topological polar surface area (TPSA) is 102 Å². The van der Waals surface area contributed by atoms with Crippen LogP contribution in [0.1, 0.15) is 29.8 Å². The first-order valence-electron chi connectivity index (χ1n) is 10.7. The van der Waals surface area contributed by atoms with Crippen molar-refractivity contribution in [2.45, 2.75) is 20.8 Å². The fourth-order valence-electron chi connectivity index (χ4n) is 3.80. The van der Waals surface area contributed by atoms with Crippen molar-refractivity contribution in [3.63, 3.8) is 0 Å². The van der Waals surface area contributed by atoms with Gasteiger partial charge in [-0.05, 0) is 69.3 Å². The second kappa shape index (κ2) is 9.12. The Hall–Kier alpha value is -4.20. The van der Waals surface area contributed by atoms with Crippen LogP contribution >= 0.6 is 0 Å². The average molecular weight is 444 g/mol. The van der Waals surface area contributed by atoms with Gasteiger partial charge in [0.1, 0.15) is 5.52 Å². The number of carbonyl (C=O) groups excluding carboxylic acids is 1. The number of nitro benzene ring substituents is 1. The van der Waals surface area contributed by atoms with Crippen LogP contribution in [0, 0.1) is 17.0 Å². The third-order valence-corrected chi connectivity index (χ3v) is 5.63. The maximum Gasteiger partial charge on any atom is 0.273 e. The molecule has 0 saturated carbocycles. The summed E-state index contributed by atoms with van der Waals surface area (Å²) >= 11 is 0. The van der Waals surface area contributed by atoms with Crippen molar-refractivity contribution in [3.05, 3.63) is 81.9 Å². The van der Waals surface area contributed by atoms with Gasteiger partial charge in [-0.25, -0.2) is 4.98 Å². The van der Waals surface area contributed by atoms with E-state index in [4.69, 9.17) is 4.42 Å². The second-order valence-corrected chi connectivity index (χ2v) is 7.58. The molecular formula is C25H24N4O4. The van der Waals surface area contributed by atoms with Crippen LogP contribution in [-0.4, -0.2) is 28.9 Å². The summed E-state index contributed by atoms with van der Waals surface area (Å²) in [5.41, 5.74) is 4.20. The standard InChI is InChI=1S/C25H24N4O4/c1-4-28(5-2)19-12-9-17(10-13-19)25-27-21-15-18(11-14-23(21)33-25)26-24(30)20-7-6-8-22(16(20)3)29(31)32/h6-15H,4-5H2,1-3H3,(H,26,30). The van der Waals surface area contributed by atoms with E-state index in [0.29, 0.717) is 28.2 Å². The Bertz CT molecular complexity index is 1320. The van der Waals surface area contributed by atoms with Gasteiger partial charge in [-0.15, -0.1) is 0 Å². The normalized spacial score (nSPS) is 10.9. The highest BCUT2D eigenvalue weighted by Crippen LogP contribution is 2.28. The number of anilines is 2. The zero-order valence-electron chi connectivity index (χ0n) is 18.7. The Morgan fingerprint density at radius 3 is 2.48 bits per heavy atom. The van der Waals surface area contributed by atoms with Gasteiger partial charge in [-0.2, -0.15) is 0 Å². The summed E-state index contributed by atoms with van der Waals surface area (Å²) in [6.45, 7) is 7.67. The number of nitro groups is 1. The molecule has 1 amide bonds. The fraction of sp³-hybridized carbons (Fsp3) is 0.200. The fourth-order valence-corrected chi connectivity index (χ4v) is 3.80. The lowest BCUT2D eigenvalue weighted by molar-refractivity contribution is -0.385. The van der Waals surface area contributed by atoms with Crippen LogP contribution in [-0.2, 0) is 0 Å². The van der Waals surface area contributed by atoms with Crippen LogP contribution in [0.2, 0.25) is 0 Å². The first-order valence-corrected chi connectivity index (χ1v) is 10.7. The van der Waals surface area contributed by atoms with Crippen molar-refractivity contribution in [3.8, 4) is 11.5 Å². The van der Waals surface area contributed by atoms with Gasteiger partial charge in [0.25, 0.3) is 11.6 Å². The Kier molecular flexibility index (Phi) is 6.08. The van der Waals surface area contributed by atoms with Crippen molar-refractivity contribution < 1.29 is 14.1 Å². The number of nitrogens with zero attached hydrogens (tertiary/aromatic N) is 3. The molecule has 8 nitrogen and oxygen atoms in total. The van der Waals surface area contributed by atoms with Crippen molar-refractivity contribution in [1.29, 1.82) is 0 Å². The third kappa shape index (κ3) is 4.41. The highest BCUT2D eigenvalue weighted by molar-refractivity contribution is 6.06. The van der Waals surface area contributed by atoms with E-state index >= 15 is 0 Å². The zero-order valence-corrected chi connectivity index (χ0v) is 18.7. The average Bonchev–Trinajstić information content (AvgIpc) is 3.23. The molecule has 0 aliphatic carbocycles. The smallest absolute Gasteiger partial charge is 0.273 e. The zero-order chi connectivity index (χ0) is 23.5. The molecule has 0 bridgehead atoms. The first-order chi connectivity index (χ1) is 15.9. The third-order valence-electron chi connectivity index (χ3n) is 5.63. The van der Waals surface area contributed by atoms with Gasteiger partial charge in [-0.3, -0.25) is 14.9 Å². The molecule has 0 saturated heterocycles. The molecule has 168 valence electrons. The summed E-state index contributed by atoms with van der Waals surface area (Å²) in [7, 11) is 0. The molecule has 1 N–H and O–H groups in total. The molecule has 8 heteroatoms. The maximum atomic E-state index is 12.7. The molecule has 1 aromatic heterocycles. The molecule has 0 unspecified atom stereocenters. The molecule has 1 heterocycles. The monoisotopic (exact) mass is 444 g/mol. The van der Waals surface area contributed by atoms with E-state index in [1.807, 2.05) is 24.3 Å². The van der Waals surface area contributed by atoms with Crippen LogP contribution in [0.15, 0.2) is 65.1 Å². The Labute approximate surface area is 191 Å². The van der Waals surface area contributed by atoms with Crippen LogP contribution in [0.25, 0.3) is 22.6 Å². The molecule has 33 heavy (non-hydrogen) atoms. The molecule has 0 fully saturated rings. The molecule has 0 radical (unpaired) electrons. The quantitative estimate of drug-likeness (QED) is 0.285. The largest absolute Gasteiger partial charge is 0.436 e. The number of hydrogen-bond donors (Lipinski definition) is 1. The van der Waals surface area contributed by atoms with Crippen LogP contribution in [0.4, 0.5) is 17.1 Å². The van der Waals surface area contributed by atoms with Crippen molar-refractivity contribution >= 4 is 34.1 Å². The maximum absolute atomic E-state index is 12.7. The van der Waals surface area contributed by atoms with Crippen molar-refractivity contribution in [2.24, 2.45) is 0 Å². The Morgan fingerprint density at radius 1 is 1.09 bits per heavy atom. The van der Waals surface area contributed by atoms with Gasteiger partial charge >= 0.3 is 0 Å². The van der Waals surface area contributed by atoms with E-state index in [9.17, 15) is 14.9 Å². The number of nitrogens with one attached hydrogen (secondary N) is 1. The van der Waals surface area contributed by atoms with E-state index in [0.717, 1.165) is 24.3 Å². The van der Waals surface area contributed by atoms with E-state index in [1.54, 1.807) is 31.2 Å². The molecular weight excluding hydrogens is 420 g/mol. The van der Waals surface area contributed by atoms with Crippen LogP contribution in [0.5, 0.6) is 0 Å². The molecule has 0 aliphatic heterocycles. The lowest BCUT2D eigenvalue weighted by atomic mass is 10.1. The molecule has 0 atom stereocenters. The van der Waals surface area contributed by atoms with Gasteiger partial charge < -0.3 is 14.6 Å². The van der Waals surface area contributed by atoms with Crippen molar-refractivity contribution in [2.75, 3.05) is 23.3 Å². The number of benzene rings is 3. The summed E-state index contributed by atoms with van der Waals surface area (Å²) in [6, 6.07) is 17.7. The number of rotatable bonds is 7. The summed E-state index contributed by atoms with van der Waals surface area (Å²) < 4.78 is 5.90. The van der Waals surface area contributed by atoms with Gasteiger partial charge in [0.05, 0.1) is 4.92 Å². The van der Waals surface area contributed by atoms with E-state index < -0.39 is 10.8 Å². The molecule has 4 aromatic rings. The SMILES string of the molecule is CCN(CC)c1ccc(-c2nc3cc(NC(=O)c4cccc([N+](=O)[O-])c4C)ccc3o2)cc1. The number of oxazole rings is 1. The highest BCUT2D eigenvalue weighted by atomic mass is 16.6. The predicted octanol–water partition coefficient (Wildman–Crippen LogP) is 5.81. The lowest BCUT2D eigenvalue weighted by Crippen LogP contribution is -2.21. The van der Waals surface area contributed by atoms with Gasteiger partial charge in [-0.1, -0.05) is 6.07 Å². The van der Waals surface area contributed by atoms with E-state index in [1.165, 1.54) is 12.1 Å².